The van der Waals surface area contributed by atoms with E-state index in [2.05, 4.69) is 26.0 Å². The zero-order chi connectivity index (χ0) is 9.56. The molecule has 0 radical (unpaired) electrons. The van der Waals surface area contributed by atoms with Crippen LogP contribution in [0.5, 0.6) is 0 Å². The standard InChI is InChI=1S/C6H11BrN2O3/c1-12-6(11)4(7)2-9-3-5(8)10/h4,9H,2-3H2,1H3,(H2,8,10). The predicted molar refractivity (Wildman–Crippen MR) is 46.8 cm³/mol. The van der Waals surface area contributed by atoms with Gasteiger partial charge in [0.05, 0.1) is 13.7 Å². The van der Waals surface area contributed by atoms with Gasteiger partial charge in [-0.3, -0.25) is 9.59 Å². The van der Waals surface area contributed by atoms with E-state index in [0.29, 0.717) is 6.54 Å². The number of alkyl halides is 1. The largest absolute Gasteiger partial charge is 0.468 e. The number of ether oxygens (including phenoxy) is 1. The number of rotatable bonds is 5. The van der Waals surface area contributed by atoms with Gasteiger partial charge in [0.1, 0.15) is 4.83 Å². The number of methoxy groups -OCH3 is 1. The lowest BCUT2D eigenvalue weighted by Crippen LogP contribution is -2.35. The highest BCUT2D eigenvalue weighted by atomic mass is 79.9. The van der Waals surface area contributed by atoms with Crippen molar-refractivity contribution in [2.45, 2.75) is 4.83 Å². The van der Waals surface area contributed by atoms with Crippen molar-refractivity contribution in [2.75, 3.05) is 20.2 Å². The Balaban J connectivity index is 3.50. The van der Waals surface area contributed by atoms with E-state index in [1.807, 2.05) is 0 Å². The molecule has 1 atom stereocenters. The van der Waals surface area contributed by atoms with Crippen LogP contribution in [0.1, 0.15) is 0 Å². The molecule has 6 heteroatoms. The third-order valence-electron chi connectivity index (χ3n) is 1.08. The maximum Gasteiger partial charge on any atom is 0.320 e. The molecule has 1 unspecified atom stereocenters. The predicted octanol–water partition coefficient (Wildman–Crippen LogP) is -1.00. The zero-order valence-electron chi connectivity index (χ0n) is 6.67. The normalized spacial score (nSPS) is 12.2. The molecule has 0 fully saturated rings. The molecule has 0 aliphatic heterocycles. The molecule has 0 heterocycles. The van der Waals surface area contributed by atoms with E-state index < -0.39 is 10.7 Å². The smallest absolute Gasteiger partial charge is 0.320 e. The molecule has 0 bridgehead atoms. The third kappa shape index (κ3) is 5.09. The Morgan fingerprint density at radius 1 is 1.67 bits per heavy atom. The quantitative estimate of drug-likeness (QED) is 0.476. The molecule has 0 saturated carbocycles. The fourth-order valence-electron chi connectivity index (χ4n) is 0.533. The highest BCUT2D eigenvalue weighted by molar-refractivity contribution is 9.10. The molecule has 0 saturated heterocycles. The fourth-order valence-corrected chi connectivity index (χ4v) is 0.949. The lowest BCUT2D eigenvalue weighted by atomic mass is 10.4. The van der Waals surface area contributed by atoms with Crippen LogP contribution in [0, 0.1) is 0 Å². The maximum atomic E-state index is 10.8. The van der Waals surface area contributed by atoms with Crippen molar-refractivity contribution in [1.82, 2.24) is 5.32 Å². The summed E-state index contributed by atoms with van der Waals surface area (Å²) in [5.41, 5.74) is 4.85. The van der Waals surface area contributed by atoms with E-state index in [1.54, 1.807) is 0 Å². The molecule has 3 N–H and O–H groups in total. The van der Waals surface area contributed by atoms with Crippen LogP contribution < -0.4 is 11.1 Å². The van der Waals surface area contributed by atoms with Crippen LogP contribution in [0.25, 0.3) is 0 Å². The summed E-state index contributed by atoms with van der Waals surface area (Å²) in [7, 11) is 1.30. The summed E-state index contributed by atoms with van der Waals surface area (Å²) in [5.74, 6) is -0.841. The number of carbonyl (C=O) groups excluding carboxylic acids is 2. The average molecular weight is 239 g/mol. The minimum atomic E-state index is -0.459. The Morgan fingerprint density at radius 3 is 2.67 bits per heavy atom. The summed E-state index contributed by atoms with van der Waals surface area (Å²) >= 11 is 3.06. The Labute approximate surface area is 78.8 Å². The fraction of sp³-hybridized carbons (Fsp3) is 0.667. The Hall–Kier alpha value is -0.620. The summed E-state index contributed by atoms with van der Waals surface area (Å²) in [4.78, 5) is 20.6. The molecular formula is C6H11BrN2O3. The Kier molecular flexibility index (Phi) is 5.65. The molecule has 70 valence electrons. The van der Waals surface area contributed by atoms with Gasteiger partial charge in [0, 0.05) is 6.54 Å². The molecule has 0 aliphatic carbocycles. The molecule has 0 aliphatic rings. The van der Waals surface area contributed by atoms with Gasteiger partial charge in [-0.05, 0) is 0 Å². The van der Waals surface area contributed by atoms with Crippen molar-refractivity contribution in [1.29, 1.82) is 0 Å². The molecule has 5 nitrogen and oxygen atoms in total. The zero-order valence-corrected chi connectivity index (χ0v) is 8.26. The van der Waals surface area contributed by atoms with Gasteiger partial charge < -0.3 is 15.8 Å². The van der Waals surface area contributed by atoms with Crippen LogP contribution >= 0.6 is 15.9 Å². The summed E-state index contributed by atoms with van der Waals surface area (Å²) in [6.45, 7) is 0.370. The van der Waals surface area contributed by atoms with Crippen LogP contribution in [-0.2, 0) is 14.3 Å². The first-order chi connectivity index (χ1) is 5.57. The summed E-state index contributed by atoms with van der Waals surface area (Å²) in [6.07, 6.45) is 0. The molecule has 0 spiro atoms. The molecule has 0 rings (SSSR count). The van der Waals surface area contributed by atoms with Gasteiger partial charge in [0.2, 0.25) is 5.91 Å². The molecule has 0 aromatic rings. The topological polar surface area (TPSA) is 81.4 Å². The highest BCUT2D eigenvalue weighted by Crippen LogP contribution is 1.99. The van der Waals surface area contributed by atoms with E-state index in [9.17, 15) is 9.59 Å². The average Bonchev–Trinajstić information content (AvgIpc) is 2.02. The monoisotopic (exact) mass is 238 g/mol. The minimum Gasteiger partial charge on any atom is -0.468 e. The van der Waals surface area contributed by atoms with Gasteiger partial charge >= 0.3 is 5.97 Å². The van der Waals surface area contributed by atoms with Crippen molar-refractivity contribution in [3.05, 3.63) is 0 Å². The summed E-state index contributed by atoms with van der Waals surface area (Å²) in [5, 5.41) is 2.68. The second kappa shape index (κ2) is 5.96. The first kappa shape index (κ1) is 11.4. The van der Waals surface area contributed by atoms with E-state index in [1.165, 1.54) is 7.11 Å². The number of halogens is 1. The number of primary amides is 1. The van der Waals surface area contributed by atoms with Gasteiger partial charge in [0.25, 0.3) is 0 Å². The first-order valence-corrected chi connectivity index (χ1v) is 4.20. The minimum absolute atomic E-state index is 0.0547. The number of carbonyl (C=O) groups is 2. The number of esters is 1. The summed E-state index contributed by atoms with van der Waals surface area (Å²) in [6, 6.07) is 0. The van der Waals surface area contributed by atoms with Gasteiger partial charge in [0.15, 0.2) is 0 Å². The molecule has 0 aromatic carbocycles. The first-order valence-electron chi connectivity index (χ1n) is 3.29. The van der Waals surface area contributed by atoms with Crippen LogP contribution in [0.3, 0.4) is 0 Å². The third-order valence-corrected chi connectivity index (χ3v) is 1.78. The number of amides is 1. The van der Waals surface area contributed by atoms with Crippen LogP contribution in [0.15, 0.2) is 0 Å². The number of nitrogens with one attached hydrogen (secondary N) is 1. The number of hydrogen-bond donors (Lipinski definition) is 2. The second-order valence-corrected chi connectivity index (χ2v) is 3.19. The molecule has 0 aromatic heterocycles. The van der Waals surface area contributed by atoms with Crippen molar-refractivity contribution < 1.29 is 14.3 Å². The number of nitrogens with two attached hydrogens (primary N) is 1. The molecule has 1 amide bonds. The van der Waals surface area contributed by atoms with E-state index in [0.717, 1.165) is 0 Å². The van der Waals surface area contributed by atoms with Crippen molar-refractivity contribution >= 4 is 27.8 Å². The highest BCUT2D eigenvalue weighted by Gasteiger charge is 2.14. The molecule has 12 heavy (non-hydrogen) atoms. The van der Waals surface area contributed by atoms with Crippen molar-refractivity contribution in [3.8, 4) is 0 Å². The Morgan fingerprint density at radius 2 is 2.25 bits per heavy atom. The second-order valence-electron chi connectivity index (χ2n) is 2.09. The van der Waals surface area contributed by atoms with Crippen LogP contribution in [0.2, 0.25) is 0 Å². The number of hydrogen-bond acceptors (Lipinski definition) is 4. The Bertz CT molecular complexity index is 174. The van der Waals surface area contributed by atoms with Crippen LogP contribution in [-0.4, -0.2) is 36.9 Å². The lowest BCUT2D eigenvalue weighted by molar-refractivity contribution is -0.139. The lowest BCUT2D eigenvalue weighted by Gasteiger charge is -2.06. The van der Waals surface area contributed by atoms with E-state index in [-0.39, 0.29) is 12.5 Å². The van der Waals surface area contributed by atoms with E-state index in [4.69, 9.17) is 5.73 Å². The SMILES string of the molecule is COC(=O)C(Br)CNCC(N)=O. The maximum absolute atomic E-state index is 10.8. The van der Waals surface area contributed by atoms with Gasteiger partial charge in [-0.1, -0.05) is 15.9 Å². The summed E-state index contributed by atoms with van der Waals surface area (Å²) < 4.78 is 4.43. The van der Waals surface area contributed by atoms with Crippen molar-refractivity contribution in [2.24, 2.45) is 5.73 Å². The van der Waals surface area contributed by atoms with Gasteiger partial charge in [-0.2, -0.15) is 0 Å². The van der Waals surface area contributed by atoms with Crippen LogP contribution in [0.4, 0.5) is 0 Å². The van der Waals surface area contributed by atoms with Crippen molar-refractivity contribution in [3.63, 3.8) is 0 Å². The van der Waals surface area contributed by atoms with E-state index >= 15 is 0 Å². The van der Waals surface area contributed by atoms with Gasteiger partial charge in [-0.15, -0.1) is 0 Å². The molecular weight excluding hydrogens is 228 g/mol. The van der Waals surface area contributed by atoms with Gasteiger partial charge in [-0.25, -0.2) is 0 Å².